The molecule has 19 nitrogen and oxygen atoms in total. The van der Waals surface area contributed by atoms with E-state index in [1.807, 2.05) is 13.8 Å². The number of aliphatic hydroxyl groups is 1. The maximum atomic E-state index is 11.8. The molecule has 0 radical (unpaired) electrons. The van der Waals surface area contributed by atoms with Crippen molar-refractivity contribution in [2.75, 3.05) is 26.2 Å². The lowest BCUT2D eigenvalue weighted by atomic mass is 9.43. The zero-order chi connectivity index (χ0) is 35.9. The van der Waals surface area contributed by atoms with Crippen molar-refractivity contribution in [3.05, 3.63) is 0 Å². The maximum Gasteiger partial charge on any atom is 0.466 e. The summed E-state index contributed by atoms with van der Waals surface area (Å²) < 4.78 is 46.0. The van der Waals surface area contributed by atoms with Crippen molar-refractivity contribution < 1.29 is 79.8 Å². The molecule has 0 aliphatic heterocycles. The zero-order valence-electron chi connectivity index (χ0n) is 33.6. The predicted octanol–water partition coefficient (Wildman–Crippen LogP) is -1.15. The van der Waals surface area contributed by atoms with E-state index in [0.717, 1.165) is 58.3 Å². The van der Waals surface area contributed by atoms with Crippen molar-refractivity contribution in [1.82, 2.24) is 10.6 Å². The Hall–Kier alpha value is -0.460. The molecule has 0 amide bonds. The molecule has 4 aliphatic rings. The summed E-state index contributed by atoms with van der Waals surface area (Å²) in [6.45, 7) is 15.3. The molecule has 0 bridgehead atoms. The first-order valence-corrected chi connectivity index (χ1v) is 21.5. The van der Waals surface area contributed by atoms with Gasteiger partial charge in [-0.05, 0) is 162 Å². The molecule has 0 spiro atoms. The van der Waals surface area contributed by atoms with Gasteiger partial charge >= 0.3 is 18.2 Å². The molecule has 0 aromatic heterocycles. The maximum absolute atomic E-state index is 11.8. The number of phosphoric acid groups is 1. The molecule has 21 heteroatoms. The summed E-state index contributed by atoms with van der Waals surface area (Å²) in [5, 5.41) is 19.2. The number of rotatable bonds is 16. The van der Waals surface area contributed by atoms with Gasteiger partial charge in [-0.1, -0.05) is 34.6 Å². The lowest BCUT2D eigenvalue weighted by Gasteiger charge is -2.62. The van der Waals surface area contributed by atoms with Gasteiger partial charge in [-0.25, -0.2) is 8.75 Å². The minimum atomic E-state index is -4.64. The first kappa shape index (κ1) is 63.7. The molecule has 340 valence electrons. The van der Waals surface area contributed by atoms with Crippen LogP contribution in [0.5, 0.6) is 0 Å². The monoisotopic (exact) mass is 852 g/mol. The van der Waals surface area contributed by atoms with Gasteiger partial charge in [0.2, 0.25) is 0 Å². The summed E-state index contributed by atoms with van der Waals surface area (Å²) in [6, 6.07) is 0.573. The second-order valence-corrected chi connectivity index (χ2v) is 18.5. The highest BCUT2D eigenvalue weighted by Crippen LogP contribution is 2.68. The Morgan fingerprint density at radius 3 is 1.89 bits per heavy atom. The number of fused-ring (bicyclic) bond motifs is 5. The van der Waals surface area contributed by atoms with E-state index in [9.17, 15) is 18.1 Å². The van der Waals surface area contributed by atoms with Crippen LogP contribution < -0.4 is 16.4 Å². The average Bonchev–Trinajstić information content (AvgIpc) is 3.32. The fourth-order valence-corrected chi connectivity index (χ4v) is 11.3. The Morgan fingerprint density at radius 2 is 1.35 bits per heavy atom. The van der Waals surface area contributed by atoms with Gasteiger partial charge in [0, 0.05) is 6.04 Å². The number of hydrogen-bond acceptors (Lipinski definition) is 8. The van der Waals surface area contributed by atoms with E-state index in [-0.39, 0.29) is 55.8 Å². The van der Waals surface area contributed by atoms with Crippen LogP contribution in [0.3, 0.4) is 0 Å². The number of nitrogens with two attached hydrogens (primary N) is 1. The van der Waals surface area contributed by atoms with E-state index in [4.69, 9.17) is 29.2 Å². The molecule has 4 rings (SSSR count). The molecule has 4 saturated carbocycles. The van der Waals surface area contributed by atoms with E-state index in [2.05, 4.69) is 31.4 Å². The summed E-state index contributed by atoms with van der Waals surface area (Å²) >= 11 is 0. The minimum Gasteiger partial charge on any atom is -0.412 e. The van der Waals surface area contributed by atoms with Crippen LogP contribution in [0, 0.1) is 52.3 Å². The molecule has 0 saturated heterocycles. The molecule has 23 N–H and O–H groups in total. The molecule has 0 heterocycles. The van der Waals surface area contributed by atoms with Crippen molar-refractivity contribution >= 4 is 18.2 Å². The molecule has 11 atom stereocenters. The second kappa shape index (κ2) is 27.3. The van der Waals surface area contributed by atoms with Crippen LogP contribution in [0.2, 0.25) is 0 Å². The number of hydrogen-bond donors (Lipinski definition) is 8. The lowest BCUT2D eigenvalue weighted by molar-refractivity contribution is -0.167. The quantitative estimate of drug-likeness (QED) is 0.0519. The van der Waals surface area contributed by atoms with Crippen LogP contribution in [0.15, 0.2) is 0 Å². The lowest BCUT2D eigenvalue weighted by Crippen LogP contribution is -2.59. The van der Waals surface area contributed by atoms with Gasteiger partial charge in [-0.2, -0.15) is 8.42 Å². The average molecular weight is 852 g/mol. The Kier molecular flexibility index (Phi) is 31.7. The summed E-state index contributed by atoms with van der Waals surface area (Å²) in [7, 11) is -9.09. The fraction of sp³-hybridized carbons (Fsp3) is 1.00. The third-order valence-electron chi connectivity index (χ3n) is 13.1. The highest BCUT2D eigenvalue weighted by atomic mass is 32.3. The predicted molar refractivity (Wildman–Crippen MR) is 213 cm³/mol. The standard InChI is InChI=1S/C34H65N3O5S.H3O4P.7H2O/c1-23(2)31(42-43(39,40)41)12-9-24(3)27-10-11-28-32-29(14-16-34(27,28)5)33(4)15-13-26(21-25(33)22-30(32)38)37-20-8-19-36-18-7-6-17-35;1-5(2,3)4;;;;;;;/h23-32,36-38H,6-22,35H2,1-5H3,(H,39,40,41);(H3,1,2,3,4);7*1H2/t24-,25-,26+,27-,28+,29+,30-,31-,32+,33+,34-;;;;;;;;/m1......../s1. The van der Waals surface area contributed by atoms with E-state index in [1.165, 1.54) is 44.9 Å². The Bertz CT molecular complexity index is 1150. The van der Waals surface area contributed by atoms with Gasteiger partial charge in [0.15, 0.2) is 0 Å². The Balaban J connectivity index is -0.000000652. The topological polar surface area (TPSA) is 432 Å². The Labute approximate surface area is 328 Å². The molecule has 4 aliphatic carbocycles. The SMILES string of the molecule is CC(C)[C@@H](CC[C@@H](C)[C@H]1CC[C@H]2[C@@H]3[C@H](O)C[C@H]4C[C@@H](NCCCNCCCCN)CC[C@]4(C)[C@H]3CC[C@]12C)OS(=O)(=O)O.O.O.O.O.O.O.O.O=P(O)(O)O. The smallest absolute Gasteiger partial charge is 0.412 e. The highest BCUT2D eigenvalue weighted by molar-refractivity contribution is 7.80. The number of nitrogens with one attached hydrogen (secondary N) is 2. The van der Waals surface area contributed by atoms with Gasteiger partial charge in [0.05, 0.1) is 12.2 Å². The summed E-state index contributed by atoms with van der Waals surface area (Å²) in [4.78, 5) is 21.6. The first-order valence-electron chi connectivity index (χ1n) is 18.6. The van der Waals surface area contributed by atoms with Gasteiger partial charge in [0.1, 0.15) is 0 Å². The fourth-order valence-electron chi connectivity index (χ4n) is 10.7. The summed E-state index contributed by atoms with van der Waals surface area (Å²) in [5.74, 6) is 3.21. The summed E-state index contributed by atoms with van der Waals surface area (Å²) in [5.41, 5.74) is 6.13. The van der Waals surface area contributed by atoms with Crippen molar-refractivity contribution in [1.29, 1.82) is 0 Å². The molecule has 0 aromatic rings. The van der Waals surface area contributed by atoms with Crippen LogP contribution in [-0.4, -0.2) is 116 Å². The molecular formula is C34H82N3O16PS. The van der Waals surface area contributed by atoms with Crippen LogP contribution in [-0.2, 0) is 19.1 Å². The van der Waals surface area contributed by atoms with Crippen LogP contribution in [0.1, 0.15) is 118 Å². The molecule has 0 unspecified atom stereocenters. The Morgan fingerprint density at radius 1 is 0.800 bits per heavy atom. The van der Waals surface area contributed by atoms with Gasteiger partial charge in [0.25, 0.3) is 0 Å². The van der Waals surface area contributed by atoms with Gasteiger partial charge < -0.3 is 74.5 Å². The van der Waals surface area contributed by atoms with Gasteiger partial charge in [-0.3, -0.25) is 4.55 Å². The van der Waals surface area contributed by atoms with E-state index in [1.54, 1.807) is 0 Å². The third kappa shape index (κ3) is 18.1. The molecule has 0 aromatic carbocycles. The third-order valence-corrected chi connectivity index (χ3v) is 13.6. The zero-order valence-corrected chi connectivity index (χ0v) is 35.3. The summed E-state index contributed by atoms with van der Waals surface area (Å²) in [6.07, 6.45) is 13.7. The van der Waals surface area contributed by atoms with E-state index in [0.29, 0.717) is 53.4 Å². The van der Waals surface area contributed by atoms with E-state index >= 15 is 0 Å². The van der Waals surface area contributed by atoms with Crippen molar-refractivity contribution in [2.45, 2.75) is 136 Å². The van der Waals surface area contributed by atoms with Crippen molar-refractivity contribution in [3.8, 4) is 0 Å². The van der Waals surface area contributed by atoms with E-state index < -0.39 is 24.3 Å². The first-order chi connectivity index (χ1) is 22.3. The second-order valence-electron chi connectivity index (χ2n) is 16.4. The normalized spacial score (nSPS) is 31.7. The molecular weight excluding hydrogens is 769 g/mol. The van der Waals surface area contributed by atoms with Gasteiger partial charge in [-0.15, -0.1) is 0 Å². The molecule has 4 fully saturated rings. The van der Waals surface area contributed by atoms with Crippen LogP contribution in [0.4, 0.5) is 0 Å². The molecule has 55 heavy (non-hydrogen) atoms. The van der Waals surface area contributed by atoms with Crippen LogP contribution in [0.25, 0.3) is 0 Å². The number of unbranched alkanes of at least 4 members (excludes halogenated alkanes) is 1. The number of aliphatic hydroxyl groups excluding tert-OH is 1. The largest absolute Gasteiger partial charge is 0.466 e. The minimum absolute atomic E-state index is 0. The van der Waals surface area contributed by atoms with Crippen molar-refractivity contribution in [2.24, 2.45) is 58.0 Å². The highest BCUT2D eigenvalue weighted by Gasteiger charge is 2.62. The van der Waals surface area contributed by atoms with Crippen molar-refractivity contribution in [3.63, 3.8) is 0 Å². The van der Waals surface area contributed by atoms with Crippen LogP contribution >= 0.6 is 7.82 Å².